The molecule has 12 nitrogen and oxygen atoms in total. The first-order valence-corrected chi connectivity index (χ1v) is 13.7. The van der Waals surface area contributed by atoms with Crippen LogP contribution in [0.25, 0.3) is 0 Å². The zero-order chi connectivity index (χ0) is 29.8. The normalized spacial score (nSPS) is 11.3. The third kappa shape index (κ3) is 10.7. The van der Waals surface area contributed by atoms with Crippen molar-refractivity contribution in [2.24, 2.45) is 5.92 Å². The summed E-state index contributed by atoms with van der Waals surface area (Å²) in [6.45, 7) is 3.98. The van der Waals surface area contributed by atoms with Crippen molar-refractivity contribution in [2.75, 3.05) is 17.2 Å². The number of carbonyl (C=O) groups is 5. The molecular formula is C28H32N6O6S. The summed E-state index contributed by atoms with van der Waals surface area (Å²) in [7, 11) is 0. The predicted molar refractivity (Wildman–Crippen MR) is 155 cm³/mol. The van der Waals surface area contributed by atoms with Crippen molar-refractivity contribution < 1.29 is 29.1 Å². The maximum Gasteiger partial charge on any atom is 0.321 e. The molecule has 3 aromatic rings. The first kappa shape index (κ1) is 30.8. The molecule has 0 aliphatic rings. The maximum atomic E-state index is 12.7. The van der Waals surface area contributed by atoms with Crippen molar-refractivity contribution in [3.05, 3.63) is 76.8 Å². The average Bonchev–Trinajstić information content (AvgIpc) is 3.40. The summed E-state index contributed by atoms with van der Waals surface area (Å²) in [4.78, 5) is 65.0. The molecule has 13 heteroatoms. The molecule has 5 amide bonds. The fourth-order valence-electron chi connectivity index (χ4n) is 3.66. The van der Waals surface area contributed by atoms with Crippen LogP contribution in [-0.4, -0.2) is 52.4 Å². The topological polar surface area (TPSA) is 179 Å². The molecule has 0 radical (unpaired) electrons. The Morgan fingerprint density at radius 2 is 1.61 bits per heavy atom. The molecule has 1 atom stereocenters. The predicted octanol–water partition coefficient (Wildman–Crippen LogP) is 2.99. The number of nitrogens with one attached hydrogen (secondary N) is 5. The van der Waals surface area contributed by atoms with Crippen LogP contribution >= 0.6 is 11.3 Å². The third-order valence-electron chi connectivity index (χ3n) is 5.56. The SMILES string of the molecule is CC(C)Cc1ccc(NC(=O)[C@H](CC(=O)O)NC(=O)CNC(=O)c2csc(NC(=O)NCc3ccccc3)n2)cc1. The number of nitrogens with zero attached hydrogens (tertiary/aromatic N) is 1. The molecule has 0 bridgehead atoms. The minimum Gasteiger partial charge on any atom is -0.481 e. The van der Waals surface area contributed by atoms with E-state index in [1.165, 1.54) is 5.38 Å². The van der Waals surface area contributed by atoms with Crippen molar-refractivity contribution in [1.82, 2.24) is 20.9 Å². The Morgan fingerprint density at radius 1 is 0.902 bits per heavy atom. The van der Waals surface area contributed by atoms with E-state index in [4.69, 9.17) is 0 Å². The number of rotatable bonds is 13. The van der Waals surface area contributed by atoms with Gasteiger partial charge in [-0.15, -0.1) is 11.3 Å². The minimum atomic E-state index is -1.36. The second-order valence-corrected chi connectivity index (χ2v) is 10.4. The molecule has 0 fully saturated rings. The molecule has 0 unspecified atom stereocenters. The van der Waals surface area contributed by atoms with Gasteiger partial charge in [0.15, 0.2) is 5.13 Å². The fourth-order valence-corrected chi connectivity index (χ4v) is 4.35. The average molecular weight is 581 g/mol. The molecule has 0 saturated heterocycles. The van der Waals surface area contributed by atoms with Crippen molar-refractivity contribution in [3.8, 4) is 0 Å². The number of aliphatic carboxylic acids is 1. The van der Waals surface area contributed by atoms with Crippen molar-refractivity contribution in [2.45, 2.75) is 39.3 Å². The quantitative estimate of drug-likeness (QED) is 0.180. The van der Waals surface area contributed by atoms with Gasteiger partial charge in [0.2, 0.25) is 11.8 Å². The fraction of sp³-hybridized carbons (Fsp3) is 0.286. The largest absolute Gasteiger partial charge is 0.481 e. The Balaban J connectivity index is 1.47. The van der Waals surface area contributed by atoms with E-state index in [0.717, 1.165) is 28.9 Å². The summed E-state index contributed by atoms with van der Waals surface area (Å²) >= 11 is 1.03. The standard InChI is InChI=1S/C28H32N6O6S/c1-17(2)12-18-8-10-20(11-9-18)31-26(39)21(13-24(36)37)32-23(35)15-29-25(38)22-16-41-28(33-22)34-27(40)30-14-19-6-4-3-5-7-19/h3-11,16-17,21H,12-15H2,1-2H3,(H,29,38)(H,31,39)(H,32,35)(H,36,37)(H2,30,33,34,40)/t21-/m0/s1. The Bertz CT molecular complexity index is 1360. The van der Waals surface area contributed by atoms with Crippen molar-refractivity contribution in [1.29, 1.82) is 0 Å². The van der Waals surface area contributed by atoms with E-state index in [2.05, 4.69) is 45.4 Å². The number of carboxylic acids is 1. The van der Waals surface area contributed by atoms with E-state index >= 15 is 0 Å². The van der Waals surface area contributed by atoms with E-state index in [1.807, 2.05) is 42.5 Å². The number of benzene rings is 2. The van der Waals surface area contributed by atoms with Crippen molar-refractivity contribution >= 4 is 51.9 Å². The van der Waals surface area contributed by atoms with E-state index in [-0.39, 0.29) is 10.8 Å². The number of carboxylic acid groups (broad SMARTS) is 1. The van der Waals surface area contributed by atoms with Crippen LogP contribution in [0.1, 0.15) is 41.9 Å². The molecule has 2 aromatic carbocycles. The second-order valence-electron chi connectivity index (χ2n) is 9.52. The van der Waals surface area contributed by atoms with Crippen LogP contribution < -0.4 is 26.6 Å². The monoisotopic (exact) mass is 580 g/mol. The molecule has 1 heterocycles. The van der Waals surface area contributed by atoms with Crippen LogP contribution in [0.15, 0.2) is 60.0 Å². The van der Waals surface area contributed by atoms with Crippen LogP contribution in [0.5, 0.6) is 0 Å². The smallest absolute Gasteiger partial charge is 0.321 e. The van der Waals surface area contributed by atoms with Gasteiger partial charge in [0.1, 0.15) is 11.7 Å². The van der Waals surface area contributed by atoms with Gasteiger partial charge >= 0.3 is 12.0 Å². The van der Waals surface area contributed by atoms with Crippen molar-refractivity contribution in [3.63, 3.8) is 0 Å². The summed E-state index contributed by atoms with van der Waals surface area (Å²) in [6, 6.07) is 14.6. The lowest BCUT2D eigenvalue weighted by atomic mass is 10.0. The molecule has 3 rings (SSSR count). The first-order chi connectivity index (χ1) is 19.6. The molecule has 0 spiro atoms. The first-order valence-electron chi connectivity index (χ1n) is 12.8. The van der Waals surface area contributed by atoms with Crippen LogP contribution in [0, 0.1) is 5.92 Å². The lowest BCUT2D eigenvalue weighted by molar-refractivity contribution is -0.139. The molecule has 0 saturated carbocycles. The summed E-state index contributed by atoms with van der Waals surface area (Å²) < 4.78 is 0. The number of anilines is 2. The molecule has 0 aliphatic carbocycles. The third-order valence-corrected chi connectivity index (χ3v) is 6.32. The molecule has 6 N–H and O–H groups in total. The zero-order valence-corrected chi connectivity index (χ0v) is 23.4. The number of amides is 5. The van der Waals surface area contributed by atoms with Gasteiger partial charge in [-0.25, -0.2) is 9.78 Å². The van der Waals surface area contributed by atoms with E-state index in [9.17, 15) is 29.1 Å². The lowest BCUT2D eigenvalue weighted by Crippen LogP contribution is -2.48. The Morgan fingerprint density at radius 3 is 2.27 bits per heavy atom. The van der Waals surface area contributed by atoms with E-state index in [1.54, 1.807) is 12.1 Å². The highest BCUT2D eigenvalue weighted by Gasteiger charge is 2.24. The highest BCUT2D eigenvalue weighted by molar-refractivity contribution is 7.14. The zero-order valence-electron chi connectivity index (χ0n) is 22.6. The van der Waals surface area contributed by atoms with Crippen LogP contribution in [0.3, 0.4) is 0 Å². The number of hydrogen-bond acceptors (Lipinski definition) is 7. The van der Waals surface area contributed by atoms with Gasteiger partial charge in [-0.1, -0.05) is 56.3 Å². The number of aromatic nitrogens is 1. The number of urea groups is 1. The Kier molecular flexibility index (Phi) is 11.3. The lowest BCUT2D eigenvalue weighted by Gasteiger charge is -2.17. The van der Waals surface area contributed by atoms with Crippen LogP contribution in [-0.2, 0) is 27.3 Å². The van der Waals surface area contributed by atoms with Crippen LogP contribution in [0.2, 0.25) is 0 Å². The summed E-state index contributed by atoms with van der Waals surface area (Å²) in [5.74, 6) is -2.96. The van der Waals surface area contributed by atoms with Crippen LogP contribution in [0.4, 0.5) is 15.6 Å². The highest BCUT2D eigenvalue weighted by atomic mass is 32.1. The van der Waals surface area contributed by atoms with Gasteiger partial charge in [0.05, 0.1) is 13.0 Å². The number of hydrogen-bond donors (Lipinski definition) is 6. The van der Waals surface area contributed by atoms with Gasteiger partial charge in [-0.2, -0.15) is 0 Å². The summed E-state index contributed by atoms with van der Waals surface area (Å²) in [6.07, 6.45) is 0.227. The summed E-state index contributed by atoms with van der Waals surface area (Å²) in [5, 5.41) is 23.3. The van der Waals surface area contributed by atoms with Gasteiger partial charge < -0.3 is 26.4 Å². The Labute approximate surface area is 241 Å². The molecule has 216 valence electrons. The minimum absolute atomic E-state index is 0.0260. The van der Waals surface area contributed by atoms with E-state index in [0.29, 0.717) is 18.2 Å². The summed E-state index contributed by atoms with van der Waals surface area (Å²) in [5.41, 5.74) is 2.45. The number of carbonyl (C=O) groups excluding carboxylic acids is 4. The highest BCUT2D eigenvalue weighted by Crippen LogP contribution is 2.16. The van der Waals surface area contributed by atoms with Gasteiger partial charge in [0.25, 0.3) is 5.91 Å². The number of thiazole rings is 1. The molecule has 41 heavy (non-hydrogen) atoms. The van der Waals surface area contributed by atoms with Gasteiger partial charge in [-0.05, 0) is 35.6 Å². The Hall–Kier alpha value is -4.78. The van der Waals surface area contributed by atoms with Gasteiger partial charge in [-0.3, -0.25) is 24.5 Å². The second kappa shape index (κ2) is 15.1. The molecule has 0 aliphatic heterocycles. The molecular weight excluding hydrogens is 548 g/mol. The molecule has 1 aromatic heterocycles. The van der Waals surface area contributed by atoms with E-state index < -0.39 is 48.7 Å². The van der Waals surface area contributed by atoms with Gasteiger partial charge in [0, 0.05) is 17.6 Å². The maximum absolute atomic E-state index is 12.7.